The molecule has 0 aliphatic rings. The minimum absolute atomic E-state index is 0.0931. The third kappa shape index (κ3) is 7.17. The minimum atomic E-state index is -0.792. The number of methoxy groups -OCH3 is 1. The third-order valence-corrected chi connectivity index (χ3v) is 5.08. The molecule has 3 N–H and O–H groups in total. The summed E-state index contributed by atoms with van der Waals surface area (Å²) in [6.45, 7) is 2.82. The Morgan fingerprint density at radius 3 is 2.28 bits per heavy atom. The zero-order chi connectivity index (χ0) is 26.1. The first kappa shape index (κ1) is 26.0. The van der Waals surface area contributed by atoms with Gasteiger partial charge in [0.15, 0.2) is 6.61 Å². The van der Waals surface area contributed by atoms with E-state index in [1.807, 2.05) is 26.0 Å². The van der Waals surface area contributed by atoms with Crippen molar-refractivity contribution in [3.05, 3.63) is 89.0 Å². The molecule has 36 heavy (non-hydrogen) atoms. The van der Waals surface area contributed by atoms with E-state index in [-0.39, 0.29) is 23.7 Å². The molecule has 3 aromatic carbocycles. The summed E-state index contributed by atoms with van der Waals surface area (Å²) >= 11 is 0. The molecule has 186 valence electrons. The van der Waals surface area contributed by atoms with Gasteiger partial charge in [0, 0.05) is 5.56 Å². The molecular formula is C27H27N3O6. The average molecular weight is 490 g/mol. The molecule has 9 nitrogen and oxygen atoms in total. The van der Waals surface area contributed by atoms with Gasteiger partial charge in [-0.1, -0.05) is 35.9 Å². The molecular weight excluding hydrogens is 462 g/mol. The monoisotopic (exact) mass is 489 g/mol. The summed E-state index contributed by atoms with van der Waals surface area (Å²) in [5.41, 5.74) is 3.12. The molecule has 0 saturated heterocycles. The fraction of sp³-hybridized carbons (Fsp3) is 0.185. The van der Waals surface area contributed by atoms with Crippen LogP contribution in [0.4, 0.5) is 11.4 Å². The van der Waals surface area contributed by atoms with Gasteiger partial charge >= 0.3 is 5.97 Å². The first-order valence-electron chi connectivity index (χ1n) is 11.1. The fourth-order valence-electron chi connectivity index (χ4n) is 3.30. The van der Waals surface area contributed by atoms with Crippen LogP contribution in [0.5, 0.6) is 5.75 Å². The predicted molar refractivity (Wildman–Crippen MR) is 135 cm³/mol. The summed E-state index contributed by atoms with van der Waals surface area (Å²) in [4.78, 5) is 49.5. The highest BCUT2D eigenvalue weighted by molar-refractivity contribution is 6.08. The molecule has 0 bridgehead atoms. The Balaban J connectivity index is 1.52. The number of amides is 3. The summed E-state index contributed by atoms with van der Waals surface area (Å²) in [5.74, 6) is -1.81. The summed E-state index contributed by atoms with van der Waals surface area (Å²) in [6, 6.07) is 18.7. The zero-order valence-corrected chi connectivity index (χ0v) is 20.2. The maximum Gasteiger partial charge on any atom is 0.340 e. The van der Waals surface area contributed by atoms with Crippen LogP contribution in [0.25, 0.3) is 0 Å². The quantitative estimate of drug-likeness (QED) is 0.396. The zero-order valence-electron chi connectivity index (χ0n) is 20.2. The summed E-state index contributed by atoms with van der Waals surface area (Å²) in [7, 11) is 1.49. The van der Waals surface area contributed by atoms with Crippen molar-refractivity contribution in [3.8, 4) is 5.75 Å². The van der Waals surface area contributed by atoms with E-state index >= 15 is 0 Å². The van der Waals surface area contributed by atoms with Crippen LogP contribution < -0.4 is 20.7 Å². The number of rotatable bonds is 9. The molecule has 3 rings (SSSR count). The van der Waals surface area contributed by atoms with Gasteiger partial charge in [0.25, 0.3) is 11.8 Å². The number of ether oxygens (including phenoxy) is 2. The Morgan fingerprint density at radius 1 is 0.778 bits per heavy atom. The topological polar surface area (TPSA) is 123 Å². The van der Waals surface area contributed by atoms with Gasteiger partial charge in [-0.05, 0) is 55.8 Å². The lowest BCUT2D eigenvalue weighted by atomic mass is 10.1. The van der Waals surface area contributed by atoms with Crippen molar-refractivity contribution in [2.75, 3.05) is 30.9 Å². The van der Waals surface area contributed by atoms with E-state index in [1.165, 1.54) is 13.2 Å². The minimum Gasteiger partial charge on any atom is -0.495 e. The van der Waals surface area contributed by atoms with Crippen molar-refractivity contribution in [3.63, 3.8) is 0 Å². The third-order valence-electron chi connectivity index (χ3n) is 5.08. The number of carbonyl (C=O) groups is 4. The molecule has 0 atom stereocenters. The maximum atomic E-state index is 12.6. The summed E-state index contributed by atoms with van der Waals surface area (Å²) in [6.07, 6.45) is 0. The van der Waals surface area contributed by atoms with Gasteiger partial charge in [0.2, 0.25) is 5.91 Å². The molecule has 0 heterocycles. The van der Waals surface area contributed by atoms with Gasteiger partial charge in [-0.3, -0.25) is 14.4 Å². The standard InChI is InChI=1S/C27H27N3O6/c1-17-7-6-8-19(13-17)26(33)30-21-10-5-4-9-20(21)27(34)36-16-25(32)28-15-24(31)29-22-14-18(2)11-12-23(22)35-3/h4-14H,15-16H2,1-3H3,(H,28,32)(H,29,31)(H,30,33). The van der Waals surface area contributed by atoms with Crippen molar-refractivity contribution in [1.29, 1.82) is 0 Å². The number of hydrogen-bond donors (Lipinski definition) is 3. The van der Waals surface area contributed by atoms with Crippen molar-refractivity contribution in [2.45, 2.75) is 13.8 Å². The van der Waals surface area contributed by atoms with E-state index in [0.717, 1.165) is 11.1 Å². The maximum absolute atomic E-state index is 12.6. The second kappa shape index (κ2) is 12.2. The highest BCUT2D eigenvalue weighted by atomic mass is 16.5. The van der Waals surface area contributed by atoms with Crippen molar-refractivity contribution in [1.82, 2.24) is 5.32 Å². The van der Waals surface area contributed by atoms with Crippen LogP contribution in [-0.2, 0) is 14.3 Å². The Morgan fingerprint density at radius 2 is 1.53 bits per heavy atom. The molecule has 9 heteroatoms. The number of esters is 1. The molecule has 0 radical (unpaired) electrons. The highest BCUT2D eigenvalue weighted by Crippen LogP contribution is 2.25. The number of para-hydroxylation sites is 1. The molecule has 0 fully saturated rings. The first-order chi connectivity index (χ1) is 17.3. The molecule has 3 aromatic rings. The highest BCUT2D eigenvalue weighted by Gasteiger charge is 2.17. The van der Waals surface area contributed by atoms with E-state index in [0.29, 0.717) is 17.0 Å². The molecule has 0 saturated carbocycles. The molecule has 0 aliphatic heterocycles. The van der Waals surface area contributed by atoms with Crippen LogP contribution in [0.1, 0.15) is 31.8 Å². The van der Waals surface area contributed by atoms with Gasteiger partial charge in [-0.25, -0.2) is 4.79 Å². The second-order valence-electron chi connectivity index (χ2n) is 7.97. The molecule has 0 unspecified atom stereocenters. The Kier molecular flexibility index (Phi) is 8.77. The molecule has 0 aromatic heterocycles. The summed E-state index contributed by atoms with van der Waals surface area (Å²) < 4.78 is 10.3. The van der Waals surface area contributed by atoms with Gasteiger partial charge in [-0.2, -0.15) is 0 Å². The van der Waals surface area contributed by atoms with E-state index in [2.05, 4.69) is 16.0 Å². The van der Waals surface area contributed by atoms with E-state index in [9.17, 15) is 19.2 Å². The number of nitrogens with one attached hydrogen (secondary N) is 3. The van der Waals surface area contributed by atoms with Crippen LogP contribution in [0.2, 0.25) is 0 Å². The number of benzene rings is 3. The van der Waals surface area contributed by atoms with Gasteiger partial charge in [0.05, 0.1) is 30.6 Å². The Labute approximate surface area is 208 Å². The number of anilines is 2. The van der Waals surface area contributed by atoms with Crippen LogP contribution in [0.3, 0.4) is 0 Å². The average Bonchev–Trinajstić information content (AvgIpc) is 2.86. The lowest BCUT2D eigenvalue weighted by Crippen LogP contribution is -2.35. The number of aryl methyl sites for hydroxylation is 2. The number of carbonyl (C=O) groups excluding carboxylic acids is 4. The van der Waals surface area contributed by atoms with Crippen LogP contribution in [-0.4, -0.2) is 44.0 Å². The van der Waals surface area contributed by atoms with Crippen molar-refractivity contribution in [2.24, 2.45) is 0 Å². The van der Waals surface area contributed by atoms with Gasteiger partial charge < -0.3 is 25.4 Å². The van der Waals surface area contributed by atoms with E-state index < -0.39 is 24.4 Å². The SMILES string of the molecule is COc1ccc(C)cc1NC(=O)CNC(=O)COC(=O)c1ccccc1NC(=O)c1cccc(C)c1. The first-order valence-corrected chi connectivity index (χ1v) is 11.1. The normalized spacial score (nSPS) is 10.2. The molecule has 0 spiro atoms. The predicted octanol–water partition coefficient (Wildman–Crippen LogP) is 3.48. The molecule has 0 aliphatic carbocycles. The summed E-state index contributed by atoms with van der Waals surface area (Å²) in [5, 5.41) is 7.76. The van der Waals surface area contributed by atoms with E-state index in [4.69, 9.17) is 9.47 Å². The van der Waals surface area contributed by atoms with Gasteiger partial charge in [0.1, 0.15) is 5.75 Å². The largest absolute Gasteiger partial charge is 0.495 e. The van der Waals surface area contributed by atoms with Crippen LogP contribution in [0, 0.1) is 13.8 Å². The Bertz CT molecular complexity index is 1290. The van der Waals surface area contributed by atoms with Crippen molar-refractivity contribution < 1.29 is 28.7 Å². The molecule has 3 amide bonds. The lowest BCUT2D eigenvalue weighted by molar-refractivity contribution is -0.126. The smallest absolute Gasteiger partial charge is 0.340 e. The van der Waals surface area contributed by atoms with Crippen LogP contribution >= 0.6 is 0 Å². The van der Waals surface area contributed by atoms with Crippen LogP contribution in [0.15, 0.2) is 66.7 Å². The Hall–Kier alpha value is -4.66. The second-order valence-corrected chi connectivity index (χ2v) is 7.97. The fourth-order valence-corrected chi connectivity index (χ4v) is 3.30. The van der Waals surface area contributed by atoms with Crippen molar-refractivity contribution >= 4 is 35.1 Å². The van der Waals surface area contributed by atoms with Gasteiger partial charge in [-0.15, -0.1) is 0 Å². The number of hydrogen-bond acceptors (Lipinski definition) is 6. The van der Waals surface area contributed by atoms with E-state index in [1.54, 1.807) is 48.5 Å². The lowest BCUT2D eigenvalue weighted by Gasteiger charge is -2.12.